The van der Waals surface area contributed by atoms with E-state index in [2.05, 4.69) is 20.8 Å². The van der Waals surface area contributed by atoms with Gasteiger partial charge in [0.15, 0.2) is 0 Å². The standard InChI is InChI=1S/C27H40O7/c1-17(5-4-10-28)20-6-7-21-25-22(13-24(34-16-31)27(20,21)3)26(2)9-8-19(32-14-29)11-18(26)12-23(25)33-15-30/h10,14-25H,4-9,11-13H2,1-3H3/t17-,18+,19-,20-,21+,22+,23-,24+,25+,26+,27-/m1/s1. The summed E-state index contributed by atoms with van der Waals surface area (Å²) >= 11 is 0. The van der Waals surface area contributed by atoms with Gasteiger partial charge in [-0.2, -0.15) is 0 Å². The van der Waals surface area contributed by atoms with E-state index in [4.69, 9.17) is 14.2 Å². The highest BCUT2D eigenvalue weighted by Crippen LogP contribution is 2.69. The molecule has 7 nitrogen and oxygen atoms in total. The van der Waals surface area contributed by atoms with Gasteiger partial charge in [0.2, 0.25) is 0 Å². The molecular formula is C27H40O7. The zero-order chi connectivity index (χ0) is 24.5. The highest BCUT2D eigenvalue weighted by atomic mass is 16.5. The molecule has 7 heteroatoms. The average Bonchev–Trinajstić information content (AvgIpc) is 3.17. The summed E-state index contributed by atoms with van der Waals surface area (Å²) < 4.78 is 17.0. The Morgan fingerprint density at radius 2 is 1.62 bits per heavy atom. The monoisotopic (exact) mass is 476 g/mol. The second-order valence-corrected chi connectivity index (χ2v) is 11.9. The molecule has 0 aromatic heterocycles. The van der Waals surface area contributed by atoms with E-state index in [0.717, 1.165) is 57.7 Å². The third-order valence-electron chi connectivity index (χ3n) is 10.9. The molecule has 34 heavy (non-hydrogen) atoms. The van der Waals surface area contributed by atoms with Crippen molar-refractivity contribution in [2.24, 2.45) is 46.3 Å². The van der Waals surface area contributed by atoms with Gasteiger partial charge in [0.05, 0.1) is 0 Å². The maximum Gasteiger partial charge on any atom is 0.293 e. The van der Waals surface area contributed by atoms with Crippen LogP contribution in [0.15, 0.2) is 0 Å². The molecule has 0 aromatic carbocycles. The van der Waals surface area contributed by atoms with E-state index in [0.29, 0.717) is 37.7 Å². The Balaban J connectivity index is 1.70. The fourth-order valence-electron chi connectivity index (χ4n) is 9.28. The van der Waals surface area contributed by atoms with Crippen LogP contribution in [-0.2, 0) is 33.4 Å². The first-order valence-electron chi connectivity index (χ1n) is 13.1. The summed E-state index contributed by atoms with van der Waals surface area (Å²) in [6, 6.07) is 0. The van der Waals surface area contributed by atoms with E-state index < -0.39 is 0 Å². The molecule has 0 aliphatic heterocycles. The molecule has 0 saturated heterocycles. The fourth-order valence-corrected chi connectivity index (χ4v) is 9.28. The minimum atomic E-state index is -0.212. The van der Waals surface area contributed by atoms with Crippen LogP contribution in [0.5, 0.6) is 0 Å². The van der Waals surface area contributed by atoms with Crippen LogP contribution >= 0.6 is 0 Å². The molecule has 4 aliphatic carbocycles. The van der Waals surface area contributed by atoms with E-state index in [1.807, 2.05) is 0 Å². The van der Waals surface area contributed by atoms with Crippen molar-refractivity contribution in [2.75, 3.05) is 0 Å². The highest BCUT2D eigenvalue weighted by molar-refractivity contribution is 5.49. The van der Waals surface area contributed by atoms with Gasteiger partial charge in [0, 0.05) is 17.8 Å². The molecule has 0 radical (unpaired) electrons. The van der Waals surface area contributed by atoms with Crippen LogP contribution in [0.2, 0.25) is 0 Å². The van der Waals surface area contributed by atoms with E-state index >= 15 is 0 Å². The molecule has 0 aromatic rings. The lowest BCUT2D eigenvalue weighted by atomic mass is 9.43. The number of fused-ring (bicyclic) bond motifs is 5. The summed E-state index contributed by atoms with van der Waals surface area (Å²) in [7, 11) is 0. The largest absolute Gasteiger partial charge is 0.465 e. The quantitative estimate of drug-likeness (QED) is 0.346. The van der Waals surface area contributed by atoms with Crippen molar-refractivity contribution < 1.29 is 33.4 Å². The number of carbonyl (C=O) groups excluding carboxylic acids is 4. The van der Waals surface area contributed by atoms with E-state index in [1.54, 1.807) is 0 Å². The molecular weight excluding hydrogens is 436 g/mol. The van der Waals surface area contributed by atoms with Crippen LogP contribution < -0.4 is 0 Å². The second kappa shape index (κ2) is 9.98. The van der Waals surface area contributed by atoms with E-state index in [1.165, 1.54) is 0 Å². The smallest absolute Gasteiger partial charge is 0.293 e. The number of rotatable bonds is 10. The Hall–Kier alpha value is -1.92. The van der Waals surface area contributed by atoms with Crippen molar-refractivity contribution in [2.45, 2.75) is 96.9 Å². The molecule has 0 N–H and O–H groups in total. The normalized spacial score (nSPS) is 46.1. The van der Waals surface area contributed by atoms with Crippen molar-refractivity contribution in [1.82, 2.24) is 0 Å². The molecule has 190 valence electrons. The number of carbonyl (C=O) groups is 4. The van der Waals surface area contributed by atoms with Gasteiger partial charge in [0.1, 0.15) is 24.6 Å². The lowest BCUT2D eigenvalue weighted by Gasteiger charge is -2.64. The van der Waals surface area contributed by atoms with E-state index in [-0.39, 0.29) is 52.8 Å². The van der Waals surface area contributed by atoms with Crippen LogP contribution in [0.3, 0.4) is 0 Å². The van der Waals surface area contributed by atoms with Crippen molar-refractivity contribution >= 4 is 25.7 Å². The number of hydrogen-bond donors (Lipinski definition) is 0. The second-order valence-electron chi connectivity index (χ2n) is 11.9. The van der Waals surface area contributed by atoms with Gasteiger partial charge in [0.25, 0.3) is 19.4 Å². The summed E-state index contributed by atoms with van der Waals surface area (Å²) in [5.74, 6) is 1.74. The lowest BCUT2D eigenvalue weighted by molar-refractivity contribution is -0.218. The number of aldehydes is 1. The molecule has 11 atom stereocenters. The van der Waals surface area contributed by atoms with Gasteiger partial charge in [-0.05, 0) is 86.4 Å². The van der Waals surface area contributed by atoms with Crippen molar-refractivity contribution in [3.63, 3.8) is 0 Å². The van der Waals surface area contributed by atoms with Crippen molar-refractivity contribution in [3.8, 4) is 0 Å². The zero-order valence-electron chi connectivity index (χ0n) is 20.7. The van der Waals surface area contributed by atoms with Gasteiger partial charge < -0.3 is 19.0 Å². The van der Waals surface area contributed by atoms with Gasteiger partial charge in [-0.3, -0.25) is 14.4 Å². The molecule has 0 amide bonds. The Bertz CT molecular complexity index is 770. The van der Waals surface area contributed by atoms with Gasteiger partial charge in [-0.15, -0.1) is 0 Å². The Morgan fingerprint density at radius 3 is 2.29 bits per heavy atom. The third-order valence-corrected chi connectivity index (χ3v) is 10.9. The molecule has 0 heterocycles. The third kappa shape index (κ3) is 3.97. The molecule has 0 bridgehead atoms. The highest BCUT2D eigenvalue weighted by Gasteiger charge is 2.67. The first-order chi connectivity index (χ1) is 16.3. The minimum Gasteiger partial charge on any atom is -0.465 e. The summed E-state index contributed by atoms with van der Waals surface area (Å²) in [6.07, 6.45) is 8.07. The predicted octanol–water partition coefficient (Wildman–Crippen LogP) is 4.11. The van der Waals surface area contributed by atoms with Gasteiger partial charge in [-0.25, -0.2) is 0 Å². The van der Waals surface area contributed by atoms with Crippen molar-refractivity contribution in [3.05, 3.63) is 0 Å². The van der Waals surface area contributed by atoms with Gasteiger partial charge in [-0.1, -0.05) is 20.8 Å². The van der Waals surface area contributed by atoms with E-state index in [9.17, 15) is 19.2 Å². The Morgan fingerprint density at radius 1 is 0.882 bits per heavy atom. The van der Waals surface area contributed by atoms with Crippen LogP contribution in [0.1, 0.15) is 78.6 Å². The fraction of sp³-hybridized carbons (Fsp3) is 0.852. The summed E-state index contributed by atoms with van der Waals surface area (Å²) in [4.78, 5) is 45.3. The van der Waals surface area contributed by atoms with Crippen molar-refractivity contribution in [1.29, 1.82) is 0 Å². The number of ether oxygens (including phenoxy) is 3. The number of hydrogen-bond acceptors (Lipinski definition) is 7. The zero-order valence-corrected chi connectivity index (χ0v) is 20.7. The SMILES string of the molecule is C[C@H](CCC=O)[C@H]1CC[C@H]2[C@@H]3[C@H](OC=O)C[C@@H]4C[C@H](OC=O)CC[C@]4(C)[C@H]3C[C@H](OC=O)[C@]12C. The molecule has 0 spiro atoms. The molecule has 4 fully saturated rings. The van der Waals surface area contributed by atoms with Gasteiger partial charge >= 0.3 is 0 Å². The molecule has 0 unspecified atom stereocenters. The van der Waals surface area contributed by atoms with Crippen LogP contribution in [0.25, 0.3) is 0 Å². The average molecular weight is 477 g/mol. The Kier molecular flexibility index (Phi) is 7.39. The topological polar surface area (TPSA) is 96.0 Å². The van der Waals surface area contributed by atoms with Crippen LogP contribution in [0.4, 0.5) is 0 Å². The maximum atomic E-state index is 11.7. The molecule has 4 aliphatic rings. The Labute approximate surface area is 202 Å². The minimum absolute atomic E-state index is 0.0171. The summed E-state index contributed by atoms with van der Waals surface area (Å²) in [6.45, 7) is 8.59. The molecule has 4 saturated carbocycles. The maximum absolute atomic E-state index is 11.7. The summed E-state index contributed by atoms with van der Waals surface area (Å²) in [5, 5.41) is 0. The van der Waals surface area contributed by atoms with Crippen LogP contribution in [-0.4, -0.2) is 44.0 Å². The first kappa shape index (κ1) is 25.2. The molecule has 4 rings (SSSR count). The summed E-state index contributed by atoms with van der Waals surface area (Å²) in [5.41, 5.74) is -0.195. The predicted molar refractivity (Wildman–Crippen MR) is 123 cm³/mol. The van der Waals surface area contributed by atoms with Crippen LogP contribution in [0, 0.1) is 46.3 Å². The lowest BCUT2D eigenvalue weighted by Crippen LogP contribution is -2.63. The first-order valence-corrected chi connectivity index (χ1v) is 13.1.